The number of rotatable bonds is 4. The molecule has 0 aliphatic carbocycles. The standard InChI is InChI=1S/C18H25FN2O2/c19-14-4-5-17-15(12-14)16(2-1-11-23-17)21-18(22)6-3-13-7-9-20-10-8-13/h4-5,12-13,16,20H,1-3,6-11H2,(H,21,22). The largest absolute Gasteiger partial charge is 0.493 e. The van der Waals surface area contributed by atoms with E-state index in [0.29, 0.717) is 24.7 Å². The number of carbonyl (C=O) groups is 1. The third kappa shape index (κ3) is 4.44. The van der Waals surface area contributed by atoms with Crippen LogP contribution in [-0.4, -0.2) is 25.6 Å². The molecule has 0 saturated carbocycles. The molecule has 1 fully saturated rings. The van der Waals surface area contributed by atoms with Crippen molar-refractivity contribution in [3.05, 3.63) is 29.6 Å². The molecule has 23 heavy (non-hydrogen) atoms. The summed E-state index contributed by atoms with van der Waals surface area (Å²) in [7, 11) is 0. The number of fused-ring (bicyclic) bond motifs is 1. The Hall–Kier alpha value is -1.62. The van der Waals surface area contributed by atoms with E-state index in [9.17, 15) is 9.18 Å². The second-order valence-corrected chi connectivity index (χ2v) is 6.52. The fourth-order valence-electron chi connectivity index (χ4n) is 3.47. The van der Waals surface area contributed by atoms with Crippen molar-refractivity contribution in [2.24, 2.45) is 5.92 Å². The zero-order valence-electron chi connectivity index (χ0n) is 13.4. The molecular weight excluding hydrogens is 295 g/mol. The molecule has 2 aliphatic heterocycles. The molecular formula is C18H25FN2O2. The summed E-state index contributed by atoms with van der Waals surface area (Å²) in [5, 5.41) is 6.42. The minimum absolute atomic E-state index is 0.0608. The summed E-state index contributed by atoms with van der Waals surface area (Å²) >= 11 is 0. The fraction of sp³-hybridized carbons (Fsp3) is 0.611. The lowest BCUT2D eigenvalue weighted by Gasteiger charge is -2.23. The molecule has 4 nitrogen and oxygen atoms in total. The van der Waals surface area contributed by atoms with Gasteiger partial charge in [-0.05, 0) is 69.3 Å². The zero-order valence-corrected chi connectivity index (χ0v) is 13.4. The van der Waals surface area contributed by atoms with E-state index in [2.05, 4.69) is 10.6 Å². The molecule has 3 rings (SSSR count). The Morgan fingerprint density at radius 1 is 1.30 bits per heavy atom. The van der Waals surface area contributed by atoms with Crippen LogP contribution in [0, 0.1) is 11.7 Å². The summed E-state index contributed by atoms with van der Waals surface area (Å²) in [6, 6.07) is 4.40. The van der Waals surface area contributed by atoms with Crippen molar-refractivity contribution in [1.82, 2.24) is 10.6 Å². The Morgan fingerprint density at radius 3 is 2.96 bits per heavy atom. The molecule has 1 amide bonds. The van der Waals surface area contributed by atoms with Gasteiger partial charge in [0.1, 0.15) is 11.6 Å². The molecule has 126 valence electrons. The van der Waals surface area contributed by atoms with Gasteiger partial charge in [-0.15, -0.1) is 0 Å². The first-order valence-corrected chi connectivity index (χ1v) is 8.64. The van der Waals surface area contributed by atoms with Crippen molar-refractivity contribution in [3.63, 3.8) is 0 Å². The molecule has 0 radical (unpaired) electrons. The van der Waals surface area contributed by atoms with Gasteiger partial charge >= 0.3 is 0 Å². The third-order valence-corrected chi connectivity index (χ3v) is 4.82. The Balaban J connectivity index is 1.58. The van der Waals surface area contributed by atoms with E-state index in [4.69, 9.17) is 4.74 Å². The van der Waals surface area contributed by atoms with Crippen LogP contribution in [0.15, 0.2) is 18.2 Å². The topological polar surface area (TPSA) is 50.4 Å². The molecule has 2 N–H and O–H groups in total. The van der Waals surface area contributed by atoms with Gasteiger partial charge in [0.2, 0.25) is 5.91 Å². The van der Waals surface area contributed by atoms with Crippen LogP contribution in [0.2, 0.25) is 0 Å². The number of piperidine rings is 1. The van der Waals surface area contributed by atoms with E-state index in [1.165, 1.54) is 12.1 Å². The SMILES string of the molecule is O=C(CCC1CCNCC1)NC1CCCOc2ccc(F)cc21. The van der Waals surface area contributed by atoms with Crippen molar-refractivity contribution < 1.29 is 13.9 Å². The first-order chi connectivity index (χ1) is 11.2. The maximum Gasteiger partial charge on any atom is 0.220 e. The first-order valence-electron chi connectivity index (χ1n) is 8.64. The Bertz CT molecular complexity index is 544. The molecule has 0 aromatic heterocycles. The van der Waals surface area contributed by atoms with Gasteiger partial charge in [0.15, 0.2) is 0 Å². The van der Waals surface area contributed by atoms with Crippen LogP contribution in [0.5, 0.6) is 5.75 Å². The average molecular weight is 320 g/mol. The highest BCUT2D eigenvalue weighted by molar-refractivity contribution is 5.76. The molecule has 1 atom stereocenters. The van der Waals surface area contributed by atoms with Crippen LogP contribution in [0.25, 0.3) is 0 Å². The summed E-state index contributed by atoms with van der Waals surface area (Å²) in [6.07, 6.45) is 5.43. The number of nitrogens with one attached hydrogen (secondary N) is 2. The number of hydrogen-bond acceptors (Lipinski definition) is 3. The number of amides is 1. The first kappa shape index (κ1) is 16.2. The van der Waals surface area contributed by atoms with E-state index in [1.54, 1.807) is 6.07 Å². The molecule has 1 unspecified atom stereocenters. The molecule has 5 heteroatoms. The number of ether oxygens (including phenoxy) is 1. The molecule has 2 aliphatic rings. The lowest BCUT2D eigenvalue weighted by molar-refractivity contribution is -0.122. The molecule has 1 saturated heterocycles. The zero-order chi connectivity index (χ0) is 16.1. The van der Waals surface area contributed by atoms with Gasteiger partial charge < -0.3 is 15.4 Å². The number of hydrogen-bond donors (Lipinski definition) is 2. The van der Waals surface area contributed by atoms with E-state index in [1.807, 2.05) is 0 Å². The van der Waals surface area contributed by atoms with Gasteiger partial charge in [0.05, 0.1) is 12.6 Å². The normalized spacial score (nSPS) is 21.9. The van der Waals surface area contributed by atoms with Crippen molar-refractivity contribution in [2.45, 2.75) is 44.6 Å². The summed E-state index contributed by atoms with van der Waals surface area (Å²) < 4.78 is 19.2. The average Bonchev–Trinajstić information content (AvgIpc) is 2.76. The monoisotopic (exact) mass is 320 g/mol. The highest BCUT2D eigenvalue weighted by Gasteiger charge is 2.22. The lowest BCUT2D eigenvalue weighted by Crippen LogP contribution is -2.31. The molecule has 0 bridgehead atoms. The summed E-state index contributed by atoms with van der Waals surface area (Å²) in [6.45, 7) is 2.72. The summed E-state index contributed by atoms with van der Waals surface area (Å²) in [5.41, 5.74) is 0.762. The van der Waals surface area contributed by atoms with Crippen molar-refractivity contribution in [3.8, 4) is 5.75 Å². The Kier molecular flexibility index (Phi) is 5.49. The van der Waals surface area contributed by atoms with Crippen LogP contribution in [0.4, 0.5) is 4.39 Å². The van der Waals surface area contributed by atoms with Crippen LogP contribution < -0.4 is 15.4 Å². The van der Waals surface area contributed by atoms with E-state index in [0.717, 1.165) is 50.8 Å². The second kappa shape index (κ2) is 7.77. The smallest absolute Gasteiger partial charge is 0.220 e. The van der Waals surface area contributed by atoms with Gasteiger partial charge in [0, 0.05) is 12.0 Å². The minimum Gasteiger partial charge on any atom is -0.493 e. The van der Waals surface area contributed by atoms with E-state index in [-0.39, 0.29) is 17.8 Å². The molecule has 2 heterocycles. The van der Waals surface area contributed by atoms with Crippen molar-refractivity contribution >= 4 is 5.91 Å². The maximum absolute atomic E-state index is 13.6. The van der Waals surface area contributed by atoms with Crippen LogP contribution in [0.1, 0.15) is 50.1 Å². The predicted octanol–water partition coefficient (Wildman–Crippen LogP) is 2.94. The molecule has 0 spiro atoms. The number of carbonyl (C=O) groups excluding carboxylic acids is 1. The lowest BCUT2D eigenvalue weighted by atomic mass is 9.93. The van der Waals surface area contributed by atoms with Crippen LogP contribution in [0.3, 0.4) is 0 Å². The van der Waals surface area contributed by atoms with Gasteiger partial charge in [-0.1, -0.05) is 0 Å². The van der Waals surface area contributed by atoms with E-state index < -0.39 is 0 Å². The minimum atomic E-state index is -0.289. The number of benzene rings is 1. The van der Waals surface area contributed by atoms with Gasteiger partial charge in [0.25, 0.3) is 0 Å². The molecule has 1 aromatic carbocycles. The highest BCUT2D eigenvalue weighted by Crippen LogP contribution is 2.32. The summed E-state index contributed by atoms with van der Waals surface area (Å²) in [5.74, 6) is 1.10. The Labute approximate surface area is 136 Å². The fourth-order valence-corrected chi connectivity index (χ4v) is 3.47. The number of halogens is 1. The van der Waals surface area contributed by atoms with Crippen LogP contribution in [-0.2, 0) is 4.79 Å². The summed E-state index contributed by atoms with van der Waals surface area (Å²) in [4.78, 5) is 12.3. The predicted molar refractivity (Wildman–Crippen MR) is 86.8 cm³/mol. The quantitative estimate of drug-likeness (QED) is 0.897. The van der Waals surface area contributed by atoms with Crippen LogP contribution >= 0.6 is 0 Å². The van der Waals surface area contributed by atoms with Gasteiger partial charge in [-0.2, -0.15) is 0 Å². The second-order valence-electron chi connectivity index (χ2n) is 6.52. The third-order valence-electron chi connectivity index (χ3n) is 4.82. The van der Waals surface area contributed by atoms with Crippen molar-refractivity contribution in [2.75, 3.05) is 19.7 Å². The maximum atomic E-state index is 13.6. The molecule has 1 aromatic rings. The highest BCUT2D eigenvalue weighted by atomic mass is 19.1. The Morgan fingerprint density at radius 2 is 2.13 bits per heavy atom. The van der Waals surface area contributed by atoms with Gasteiger partial charge in [-0.25, -0.2) is 4.39 Å². The van der Waals surface area contributed by atoms with E-state index >= 15 is 0 Å². The van der Waals surface area contributed by atoms with Gasteiger partial charge in [-0.3, -0.25) is 4.79 Å². The van der Waals surface area contributed by atoms with Crippen molar-refractivity contribution in [1.29, 1.82) is 0 Å².